The molecule has 8 nitrogen and oxygen atoms in total. The van der Waals surface area contributed by atoms with E-state index in [4.69, 9.17) is 9.78 Å². The Morgan fingerprint density at radius 3 is 2.93 bits per heavy atom. The quantitative estimate of drug-likeness (QED) is 0.734. The van der Waals surface area contributed by atoms with Gasteiger partial charge in [0.1, 0.15) is 11.9 Å². The summed E-state index contributed by atoms with van der Waals surface area (Å²) in [6.45, 7) is 2.17. The van der Waals surface area contributed by atoms with E-state index in [1.165, 1.54) is 12.1 Å². The number of carbonyl (C=O) groups is 1. The number of fused-ring (bicyclic) bond motifs is 1. The molecule has 0 radical (unpaired) electrons. The molecule has 0 unspecified atom stereocenters. The van der Waals surface area contributed by atoms with Gasteiger partial charge in [0.2, 0.25) is 5.76 Å². The molecule has 1 aliphatic rings. The number of anilines is 1. The monoisotopic (exact) mass is 378 g/mol. The van der Waals surface area contributed by atoms with Crippen molar-refractivity contribution in [3.8, 4) is 17.7 Å². The second-order valence-electron chi connectivity index (χ2n) is 6.43. The van der Waals surface area contributed by atoms with Crippen molar-refractivity contribution in [3.63, 3.8) is 0 Å². The van der Waals surface area contributed by atoms with Gasteiger partial charge in [-0.05, 0) is 31.2 Å². The van der Waals surface area contributed by atoms with Gasteiger partial charge < -0.3 is 14.7 Å². The number of aromatic nitrogens is 3. The Balaban J connectivity index is 1.58. The highest BCUT2D eigenvalue weighted by atomic mass is 19.1. The van der Waals surface area contributed by atoms with Crippen LogP contribution in [0, 0.1) is 17.1 Å². The summed E-state index contributed by atoms with van der Waals surface area (Å²) >= 11 is 0. The molecule has 4 rings (SSSR count). The number of nitriles is 1. The standard InChI is InChI=1S/C19H15FN6O2/c1-11-7-16-14(17(28-25-16)18-22-5-2-6-23-18)10-26(11)19(27)24-13-3-4-15(20)12(8-13)9-21/h2-6,8,11H,7,10H2,1H3,(H,24,27)/t11-/m1/s1. The molecule has 0 aliphatic carbocycles. The zero-order chi connectivity index (χ0) is 19.7. The Bertz CT molecular complexity index is 1080. The normalized spacial score (nSPS) is 15.6. The van der Waals surface area contributed by atoms with Crippen LogP contribution in [0.4, 0.5) is 14.9 Å². The summed E-state index contributed by atoms with van der Waals surface area (Å²) in [5.41, 5.74) is 1.75. The summed E-state index contributed by atoms with van der Waals surface area (Å²) in [5, 5.41) is 15.8. The van der Waals surface area contributed by atoms with Crippen molar-refractivity contribution >= 4 is 11.7 Å². The highest BCUT2D eigenvalue weighted by molar-refractivity contribution is 5.90. The van der Waals surface area contributed by atoms with E-state index in [2.05, 4.69) is 20.4 Å². The molecule has 3 heterocycles. The third-order valence-corrected chi connectivity index (χ3v) is 4.59. The molecule has 0 fully saturated rings. The maximum atomic E-state index is 13.5. The zero-order valence-electron chi connectivity index (χ0n) is 14.9. The fraction of sp³-hybridized carbons (Fsp3) is 0.211. The first kappa shape index (κ1) is 17.6. The van der Waals surface area contributed by atoms with Gasteiger partial charge in [0.25, 0.3) is 0 Å². The first-order valence-electron chi connectivity index (χ1n) is 8.59. The minimum Gasteiger partial charge on any atom is -0.352 e. The van der Waals surface area contributed by atoms with Gasteiger partial charge >= 0.3 is 6.03 Å². The predicted molar refractivity (Wildman–Crippen MR) is 96.4 cm³/mol. The smallest absolute Gasteiger partial charge is 0.322 e. The van der Waals surface area contributed by atoms with E-state index in [1.807, 2.05) is 6.92 Å². The number of hydrogen-bond acceptors (Lipinski definition) is 6. The first-order chi connectivity index (χ1) is 13.6. The molecule has 1 aliphatic heterocycles. The van der Waals surface area contributed by atoms with Crippen molar-refractivity contribution in [3.05, 3.63) is 59.3 Å². The molecule has 28 heavy (non-hydrogen) atoms. The molecule has 0 saturated carbocycles. The van der Waals surface area contributed by atoms with Crippen LogP contribution in [-0.4, -0.2) is 32.1 Å². The van der Waals surface area contributed by atoms with Crippen molar-refractivity contribution in [2.24, 2.45) is 0 Å². The van der Waals surface area contributed by atoms with Crippen LogP contribution in [-0.2, 0) is 13.0 Å². The van der Waals surface area contributed by atoms with Crippen molar-refractivity contribution in [1.82, 2.24) is 20.0 Å². The Morgan fingerprint density at radius 2 is 2.18 bits per heavy atom. The van der Waals surface area contributed by atoms with E-state index < -0.39 is 5.82 Å². The molecule has 1 aromatic carbocycles. The third-order valence-electron chi connectivity index (χ3n) is 4.59. The summed E-state index contributed by atoms with van der Waals surface area (Å²) in [5.74, 6) is 0.214. The average molecular weight is 378 g/mol. The molecule has 0 bridgehead atoms. The SMILES string of the molecule is C[C@@H]1Cc2noc(-c3ncccn3)c2CN1C(=O)Nc1ccc(F)c(C#N)c1. The van der Waals surface area contributed by atoms with E-state index >= 15 is 0 Å². The van der Waals surface area contributed by atoms with Crippen LogP contribution in [0.1, 0.15) is 23.7 Å². The predicted octanol–water partition coefficient (Wildman–Crippen LogP) is 3.12. The molecular formula is C19H15FN6O2. The lowest BCUT2D eigenvalue weighted by molar-refractivity contribution is 0.182. The van der Waals surface area contributed by atoms with Crippen LogP contribution in [0.3, 0.4) is 0 Å². The summed E-state index contributed by atoms with van der Waals surface area (Å²) in [7, 11) is 0. The van der Waals surface area contributed by atoms with Crippen molar-refractivity contribution in [2.75, 3.05) is 5.32 Å². The molecule has 3 aromatic rings. The lowest BCUT2D eigenvalue weighted by Gasteiger charge is -2.32. The van der Waals surface area contributed by atoms with Gasteiger partial charge in [-0.3, -0.25) is 0 Å². The van der Waals surface area contributed by atoms with E-state index in [1.54, 1.807) is 29.4 Å². The Kier molecular flexibility index (Phi) is 4.45. The maximum Gasteiger partial charge on any atom is 0.322 e. The van der Waals surface area contributed by atoms with Crippen LogP contribution in [0.5, 0.6) is 0 Å². The van der Waals surface area contributed by atoms with Crippen LogP contribution >= 0.6 is 0 Å². The highest BCUT2D eigenvalue weighted by Gasteiger charge is 2.32. The molecule has 2 amide bonds. The molecule has 0 saturated heterocycles. The lowest BCUT2D eigenvalue weighted by atomic mass is 10.00. The number of benzene rings is 1. The topological polar surface area (TPSA) is 108 Å². The number of urea groups is 1. The fourth-order valence-corrected chi connectivity index (χ4v) is 3.13. The van der Waals surface area contributed by atoms with Crippen molar-refractivity contribution in [2.45, 2.75) is 25.9 Å². The number of hydrogen-bond donors (Lipinski definition) is 1. The van der Waals surface area contributed by atoms with Gasteiger partial charge in [-0.25, -0.2) is 19.2 Å². The second-order valence-corrected chi connectivity index (χ2v) is 6.43. The summed E-state index contributed by atoms with van der Waals surface area (Å²) < 4.78 is 18.9. The molecule has 2 aromatic heterocycles. The van der Waals surface area contributed by atoms with Crippen LogP contribution in [0.15, 0.2) is 41.2 Å². The van der Waals surface area contributed by atoms with Gasteiger partial charge in [0.05, 0.1) is 17.8 Å². The van der Waals surface area contributed by atoms with Crippen molar-refractivity contribution in [1.29, 1.82) is 5.26 Å². The van der Waals surface area contributed by atoms with Gasteiger partial charge in [-0.1, -0.05) is 5.16 Å². The maximum absolute atomic E-state index is 13.5. The number of nitrogens with zero attached hydrogens (tertiary/aromatic N) is 5. The average Bonchev–Trinajstić information content (AvgIpc) is 3.12. The minimum absolute atomic E-state index is 0.127. The number of halogens is 1. The van der Waals surface area contributed by atoms with Gasteiger partial charge in [-0.15, -0.1) is 0 Å². The highest BCUT2D eigenvalue weighted by Crippen LogP contribution is 2.31. The molecule has 140 valence electrons. The molecule has 1 atom stereocenters. The van der Waals surface area contributed by atoms with Crippen molar-refractivity contribution < 1.29 is 13.7 Å². The number of amides is 2. The van der Waals surface area contributed by atoms with E-state index in [9.17, 15) is 9.18 Å². The molecule has 1 N–H and O–H groups in total. The Morgan fingerprint density at radius 1 is 1.39 bits per heavy atom. The van der Waals surface area contributed by atoms with Crippen LogP contribution in [0.2, 0.25) is 0 Å². The lowest BCUT2D eigenvalue weighted by Crippen LogP contribution is -2.44. The van der Waals surface area contributed by atoms with E-state index in [-0.39, 0.29) is 24.2 Å². The van der Waals surface area contributed by atoms with E-state index in [0.717, 1.165) is 17.3 Å². The van der Waals surface area contributed by atoms with Gasteiger partial charge in [-0.2, -0.15) is 5.26 Å². The third kappa shape index (κ3) is 3.16. The zero-order valence-corrected chi connectivity index (χ0v) is 14.9. The minimum atomic E-state index is -0.631. The van der Waals surface area contributed by atoms with E-state index in [0.29, 0.717) is 23.7 Å². The Hall–Kier alpha value is -3.80. The van der Waals surface area contributed by atoms with Gasteiger partial charge in [0, 0.05) is 36.1 Å². The first-order valence-corrected chi connectivity index (χ1v) is 8.59. The van der Waals surface area contributed by atoms with Crippen LogP contribution < -0.4 is 5.32 Å². The number of nitrogens with one attached hydrogen (secondary N) is 1. The van der Waals surface area contributed by atoms with Gasteiger partial charge in [0.15, 0.2) is 5.82 Å². The summed E-state index contributed by atoms with van der Waals surface area (Å²) in [4.78, 5) is 22.8. The fourth-order valence-electron chi connectivity index (χ4n) is 3.13. The molecule has 9 heteroatoms. The summed E-state index contributed by atoms with van der Waals surface area (Å²) in [6, 6.07) is 6.83. The number of carbonyl (C=O) groups excluding carboxylic acids is 1. The second kappa shape index (κ2) is 7.08. The summed E-state index contributed by atoms with van der Waals surface area (Å²) in [6.07, 6.45) is 3.73. The number of rotatable bonds is 2. The molecule has 0 spiro atoms. The molecular weight excluding hydrogens is 363 g/mol. The Labute approximate surface area is 159 Å². The van der Waals surface area contributed by atoms with Crippen LogP contribution in [0.25, 0.3) is 11.6 Å². The largest absolute Gasteiger partial charge is 0.352 e.